The predicted molar refractivity (Wildman–Crippen MR) is 69.2 cm³/mol. The minimum absolute atomic E-state index is 0.0581. The summed E-state index contributed by atoms with van der Waals surface area (Å²) in [5, 5.41) is 9.67. The van der Waals surface area contributed by atoms with Gasteiger partial charge in [0, 0.05) is 0 Å². The first-order chi connectivity index (χ1) is 8.27. The van der Waals surface area contributed by atoms with Gasteiger partial charge in [-0.15, -0.1) is 0 Å². The van der Waals surface area contributed by atoms with Gasteiger partial charge in [-0.25, -0.2) is 0 Å². The first-order valence-corrected chi connectivity index (χ1v) is 5.90. The van der Waals surface area contributed by atoms with Crippen molar-refractivity contribution >= 4 is 18.9 Å². The fraction of sp³-hybridized carbons (Fsp3) is 0.462. The van der Waals surface area contributed by atoms with E-state index in [9.17, 15) is 9.90 Å². The van der Waals surface area contributed by atoms with Gasteiger partial charge < -0.3 is 14.4 Å². The zero-order valence-corrected chi connectivity index (χ0v) is 11.1. The number of benzene rings is 1. The number of aromatic hydroxyl groups is 1. The standard InChI is InChI=1S/C13H17BO4/c1-12(2)13(3,4)18-14(17-12)10-6-5-9(8-15)11(16)7-10/h5-8,16H,1-4H3. The molecule has 96 valence electrons. The van der Waals surface area contributed by atoms with Crippen molar-refractivity contribution < 1.29 is 19.2 Å². The van der Waals surface area contributed by atoms with Crippen LogP contribution in [0.25, 0.3) is 0 Å². The number of aldehydes is 1. The minimum atomic E-state index is -0.526. The van der Waals surface area contributed by atoms with Crippen LogP contribution in [0.3, 0.4) is 0 Å². The quantitative estimate of drug-likeness (QED) is 0.636. The lowest BCUT2D eigenvalue weighted by molar-refractivity contribution is 0.00578. The molecule has 2 rings (SSSR count). The van der Waals surface area contributed by atoms with Gasteiger partial charge in [-0.2, -0.15) is 0 Å². The van der Waals surface area contributed by atoms with Gasteiger partial charge in [-0.1, -0.05) is 6.07 Å². The molecule has 0 bridgehead atoms. The summed E-state index contributed by atoms with van der Waals surface area (Å²) in [5.74, 6) is -0.0581. The van der Waals surface area contributed by atoms with Gasteiger partial charge in [0.2, 0.25) is 0 Å². The Bertz CT molecular complexity index is 466. The third kappa shape index (κ3) is 2.04. The summed E-state index contributed by atoms with van der Waals surface area (Å²) in [6.45, 7) is 7.86. The van der Waals surface area contributed by atoms with E-state index in [0.717, 1.165) is 0 Å². The molecule has 1 aromatic carbocycles. The van der Waals surface area contributed by atoms with E-state index in [4.69, 9.17) is 9.31 Å². The van der Waals surface area contributed by atoms with E-state index in [1.807, 2.05) is 27.7 Å². The van der Waals surface area contributed by atoms with Crippen molar-refractivity contribution in [3.63, 3.8) is 0 Å². The molecule has 18 heavy (non-hydrogen) atoms. The Morgan fingerprint density at radius 1 is 1.17 bits per heavy atom. The molecule has 0 aromatic heterocycles. The van der Waals surface area contributed by atoms with E-state index in [1.165, 1.54) is 6.07 Å². The fourth-order valence-electron chi connectivity index (χ4n) is 1.79. The van der Waals surface area contributed by atoms with Crippen molar-refractivity contribution in [3.05, 3.63) is 23.8 Å². The summed E-state index contributed by atoms with van der Waals surface area (Å²) in [7, 11) is -0.526. The number of carbonyl (C=O) groups excluding carboxylic acids is 1. The summed E-state index contributed by atoms with van der Waals surface area (Å²) in [6.07, 6.45) is 0.614. The maximum Gasteiger partial charge on any atom is 0.494 e. The van der Waals surface area contributed by atoms with Crippen LogP contribution in [-0.4, -0.2) is 29.7 Å². The molecule has 0 saturated carbocycles. The molecule has 0 radical (unpaired) electrons. The molecule has 1 aliphatic heterocycles. The second-order valence-electron chi connectivity index (χ2n) is 5.52. The number of carbonyl (C=O) groups is 1. The van der Waals surface area contributed by atoms with E-state index < -0.39 is 18.3 Å². The van der Waals surface area contributed by atoms with Crippen LogP contribution < -0.4 is 5.46 Å². The van der Waals surface area contributed by atoms with Crippen LogP contribution in [0.4, 0.5) is 0 Å². The SMILES string of the molecule is CC1(C)OB(c2ccc(C=O)c(O)c2)OC1(C)C. The van der Waals surface area contributed by atoms with Crippen LogP contribution in [0.2, 0.25) is 0 Å². The van der Waals surface area contributed by atoms with Crippen LogP contribution in [0.1, 0.15) is 38.1 Å². The fourth-order valence-corrected chi connectivity index (χ4v) is 1.79. The Balaban J connectivity index is 2.30. The van der Waals surface area contributed by atoms with Crippen molar-refractivity contribution in [1.82, 2.24) is 0 Å². The molecule has 1 fully saturated rings. The molecule has 0 amide bonds. The van der Waals surface area contributed by atoms with Crippen LogP contribution in [0.5, 0.6) is 5.75 Å². The largest absolute Gasteiger partial charge is 0.507 e. The molecule has 5 heteroatoms. The van der Waals surface area contributed by atoms with Gasteiger partial charge >= 0.3 is 7.12 Å². The van der Waals surface area contributed by atoms with E-state index in [1.54, 1.807) is 12.1 Å². The van der Waals surface area contributed by atoms with Crippen molar-refractivity contribution in [2.75, 3.05) is 0 Å². The second-order valence-corrected chi connectivity index (χ2v) is 5.52. The Hall–Kier alpha value is -1.33. The Morgan fingerprint density at radius 2 is 1.72 bits per heavy atom. The van der Waals surface area contributed by atoms with E-state index >= 15 is 0 Å². The predicted octanol–water partition coefficient (Wildman–Crippen LogP) is 1.50. The lowest BCUT2D eigenvalue weighted by atomic mass is 9.78. The normalized spacial score (nSPS) is 21.0. The summed E-state index contributed by atoms with van der Waals surface area (Å²) < 4.78 is 11.7. The number of phenols is 1. The van der Waals surface area contributed by atoms with Gasteiger partial charge in [0.25, 0.3) is 0 Å². The molecule has 1 aromatic rings. The maximum atomic E-state index is 10.6. The lowest BCUT2D eigenvalue weighted by Gasteiger charge is -2.32. The number of hydrogen-bond acceptors (Lipinski definition) is 4. The smallest absolute Gasteiger partial charge is 0.494 e. The zero-order chi connectivity index (χ0) is 13.6. The van der Waals surface area contributed by atoms with Crippen LogP contribution in [0, 0.1) is 0 Å². The Morgan fingerprint density at radius 3 is 2.17 bits per heavy atom. The third-order valence-corrected chi connectivity index (χ3v) is 3.71. The molecule has 1 aliphatic rings. The lowest BCUT2D eigenvalue weighted by Crippen LogP contribution is -2.41. The van der Waals surface area contributed by atoms with Gasteiger partial charge in [0.1, 0.15) is 5.75 Å². The van der Waals surface area contributed by atoms with Gasteiger partial charge in [0.15, 0.2) is 6.29 Å². The molecule has 0 spiro atoms. The number of hydrogen-bond donors (Lipinski definition) is 1. The molecule has 1 N–H and O–H groups in total. The number of phenolic OH excluding ortho intramolecular Hbond substituents is 1. The highest BCUT2D eigenvalue weighted by Gasteiger charge is 2.51. The van der Waals surface area contributed by atoms with Gasteiger partial charge in [-0.05, 0) is 45.3 Å². The Kier molecular flexibility index (Phi) is 2.99. The molecule has 4 nitrogen and oxygen atoms in total. The highest BCUT2D eigenvalue weighted by atomic mass is 16.7. The first-order valence-electron chi connectivity index (χ1n) is 5.90. The molecule has 1 saturated heterocycles. The van der Waals surface area contributed by atoms with Crippen molar-refractivity contribution in [1.29, 1.82) is 0 Å². The Labute approximate surface area is 107 Å². The van der Waals surface area contributed by atoms with Crippen molar-refractivity contribution in [2.45, 2.75) is 38.9 Å². The summed E-state index contributed by atoms with van der Waals surface area (Å²) in [5.41, 5.74) is 0.125. The van der Waals surface area contributed by atoms with E-state index in [2.05, 4.69) is 0 Å². The van der Waals surface area contributed by atoms with Gasteiger partial charge in [-0.3, -0.25) is 4.79 Å². The van der Waals surface area contributed by atoms with Crippen LogP contribution >= 0.6 is 0 Å². The van der Waals surface area contributed by atoms with E-state index in [0.29, 0.717) is 11.7 Å². The van der Waals surface area contributed by atoms with E-state index in [-0.39, 0.29) is 11.3 Å². The average Bonchev–Trinajstić information content (AvgIpc) is 2.48. The highest BCUT2D eigenvalue weighted by Crippen LogP contribution is 2.36. The van der Waals surface area contributed by atoms with Gasteiger partial charge in [0.05, 0.1) is 16.8 Å². The summed E-state index contributed by atoms with van der Waals surface area (Å²) in [6, 6.07) is 4.79. The molecule has 0 aliphatic carbocycles. The summed E-state index contributed by atoms with van der Waals surface area (Å²) in [4.78, 5) is 10.6. The topological polar surface area (TPSA) is 55.8 Å². The molecule has 1 heterocycles. The van der Waals surface area contributed by atoms with Crippen molar-refractivity contribution in [3.8, 4) is 5.75 Å². The first kappa shape index (κ1) is 13.1. The maximum absolute atomic E-state index is 10.6. The number of rotatable bonds is 2. The minimum Gasteiger partial charge on any atom is -0.507 e. The van der Waals surface area contributed by atoms with Crippen LogP contribution in [0.15, 0.2) is 18.2 Å². The monoisotopic (exact) mass is 248 g/mol. The molecular formula is C13H17BO4. The molecular weight excluding hydrogens is 231 g/mol. The summed E-state index contributed by atoms with van der Waals surface area (Å²) >= 11 is 0. The highest BCUT2D eigenvalue weighted by molar-refractivity contribution is 6.62. The molecule has 0 unspecified atom stereocenters. The second kappa shape index (κ2) is 4.11. The zero-order valence-electron chi connectivity index (χ0n) is 11.1. The molecule has 0 atom stereocenters. The van der Waals surface area contributed by atoms with Crippen LogP contribution in [-0.2, 0) is 9.31 Å². The van der Waals surface area contributed by atoms with Crippen molar-refractivity contribution in [2.24, 2.45) is 0 Å². The average molecular weight is 248 g/mol. The third-order valence-electron chi connectivity index (χ3n) is 3.71.